The quantitative estimate of drug-likeness (QED) is 0.588. The number of rotatable bonds is 1. The minimum Gasteiger partial charge on any atom is -0.454 e. The highest BCUT2D eigenvalue weighted by molar-refractivity contribution is 6.22. The molecule has 0 aromatic heterocycles. The van der Waals surface area contributed by atoms with Gasteiger partial charge < -0.3 is 9.47 Å². The van der Waals surface area contributed by atoms with Crippen molar-refractivity contribution in [1.29, 1.82) is 0 Å². The number of carbonyl (C=O) groups excluding carboxylic acids is 2. The molecule has 0 unspecified atom stereocenters. The second-order valence-corrected chi connectivity index (χ2v) is 7.20. The monoisotopic (exact) mass is 309 g/mol. The molecule has 5 heteroatoms. The Labute approximate surface area is 132 Å². The van der Waals surface area contributed by atoms with Gasteiger partial charge in [-0.2, -0.15) is 0 Å². The third-order valence-electron chi connectivity index (χ3n) is 6.28. The Hall–Kier alpha value is -2.30. The van der Waals surface area contributed by atoms with Crippen molar-refractivity contribution in [2.24, 2.45) is 35.5 Å². The van der Waals surface area contributed by atoms with Gasteiger partial charge in [0.1, 0.15) is 0 Å². The molecule has 2 saturated carbocycles. The molecule has 2 heterocycles. The molecule has 2 amide bonds. The summed E-state index contributed by atoms with van der Waals surface area (Å²) in [6, 6.07) is 5.28. The van der Waals surface area contributed by atoms with Crippen LogP contribution in [0.3, 0.4) is 0 Å². The molecule has 6 aliphatic rings. The number of fused-ring (bicyclic) bond motifs is 1. The third-order valence-corrected chi connectivity index (χ3v) is 6.28. The number of carbonyl (C=O) groups is 2. The number of benzene rings is 1. The summed E-state index contributed by atoms with van der Waals surface area (Å²) in [5.74, 6) is 2.62. The lowest BCUT2D eigenvalue weighted by molar-refractivity contribution is -0.124. The van der Waals surface area contributed by atoms with Gasteiger partial charge in [0.05, 0.1) is 17.5 Å². The number of anilines is 1. The van der Waals surface area contributed by atoms with Crippen molar-refractivity contribution in [2.75, 3.05) is 11.7 Å². The standard InChI is InChI=1S/C18H15NO4/c20-17-15-9-2-3-10(12-6-11(9)12)16(15)18(21)19(17)8-1-4-13-14(5-8)23-7-22-13/h1-5,9-12,15-16H,6-7H2/t9-,10-,11-,12-,15+,16+/m0/s1. The Kier molecular flexibility index (Phi) is 2.00. The maximum absolute atomic E-state index is 13.0. The van der Waals surface area contributed by atoms with Gasteiger partial charge >= 0.3 is 0 Å². The molecule has 5 nitrogen and oxygen atoms in total. The van der Waals surface area contributed by atoms with Gasteiger partial charge in [0.25, 0.3) is 0 Å². The van der Waals surface area contributed by atoms with Crippen LogP contribution in [-0.2, 0) is 9.59 Å². The second kappa shape index (κ2) is 3.78. The van der Waals surface area contributed by atoms with E-state index in [2.05, 4.69) is 12.2 Å². The van der Waals surface area contributed by atoms with Gasteiger partial charge in [-0.1, -0.05) is 12.2 Å². The second-order valence-electron chi connectivity index (χ2n) is 7.20. The SMILES string of the molecule is O=C1[C@@H]2[C@H]3C=C[C@@H]([C@@H]4C[C@@H]34)[C@H]2C(=O)N1c1ccc2c(c1)OCO2. The summed E-state index contributed by atoms with van der Waals surface area (Å²) in [7, 11) is 0. The Morgan fingerprint density at radius 1 is 0.913 bits per heavy atom. The Balaban J connectivity index is 1.43. The zero-order valence-corrected chi connectivity index (χ0v) is 12.3. The fraction of sp³-hybridized carbons (Fsp3) is 0.444. The van der Waals surface area contributed by atoms with Crippen LogP contribution in [0.2, 0.25) is 0 Å². The first-order chi connectivity index (χ1) is 11.2. The molecular weight excluding hydrogens is 294 g/mol. The normalized spacial score (nSPS) is 41.3. The Bertz CT molecular complexity index is 764. The minimum absolute atomic E-state index is 0.0384. The van der Waals surface area contributed by atoms with E-state index < -0.39 is 0 Å². The molecule has 4 aliphatic carbocycles. The van der Waals surface area contributed by atoms with Crippen molar-refractivity contribution >= 4 is 17.5 Å². The Morgan fingerprint density at radius 3 is 2.26 bits per heavy atom. The van der Waals surface area contributed by atoms with E-state index >= 15 is 0 Å². The summed E-state index contributed by atoms with van der Waals surface area (Å²) >= 11 is 0. The summed E-state index contributed by atoms with van der Waals surface area (Å²) < 4.78 is 10.7. The number of nitrogens with zero attached hydrogens (tertiary/aromatic N) is 1. The molecule has 6 atom stereocenters. The van der Waals surface area contributed by atoms with Crippen molar-refractivity contribution in [3.8, 4) is 11.5 Å². The third kappa shape index (κ3) is 1.35. The number of imide groups is 1. The first-order valence-corrected chi connectivity index (χ1v) is 8.20. The zero-order chi connectivity index (χ0) is 15.3. The molecule has 2 aliphatic heterocycles. The topological polar surface area (TPSA) is 55.8 Å². The molecule has 7 rings (SSSR count). The van der Waals surface area contributed by atoms with E-state index in [4.69, 9.17) is 9.47 Å². The van der Waals surface area contributed by atoms with Crippen LogP contribution in [0.5, 0.6) is 11.5 Å². The maximum atomic E-state index is 13.0. The van der Waals surface area contributed by atoms with Crippen LogP contribution in [0.4, 0.5) is 5.69 Å². The van der Waals surface area contributed by atoms with Gasteiger partial charge in [0.15, 0.2) is 11.5 Å². The van der Waals surface area contributed by atoms with Crippen LogP contribution in [0.1, 0.15) is 6.42 Å². The molecule has 0 N–H and O–H groups in total. The van der Waals surface area contributed by atoms with Crippen molar-refractivity contribution in [3.63, 3.8) is 0 Å². The van der Waals surface area contributed by atoms with Crippen molar-refractivity contribution in [3.05, 3.63) is 30.4 Å². The molecule has 23 heavy (non-hydrogen) atoms. The summed E-state index contributed by atoms with van der Waals surface area (Å²) in [5, 5.41) is 0. The van der Waals surface area contributed by atoms with Crippen LogP contribution < -0.4 is 14.4 Å². The van der Waals surface area contributed by atoms with Crippen molar-refractivity contribution in [1.82, 2.24) is 0 Å². The smallest absolute Gasteiger partial charge is 0.238 e. The predicted molar refractivity (Wildman–Crippen MR) is 79.8 cm³/mol. The van der Waals surface area contributed by atoms with E-state index in [1.54, 1.807) is 18.2 Å². The highest BCUT2D eigenvalue weighted by atomic mass is 16.7. The first kappa shape index (κ1) is 12.2. The molecule has 116 valence electrons. The lowest BCUT2D eigenvalue weighted by Crippen LogP contribution is -2.40. The highest BCUT2D eigenvalue weighted by Gasteiger charge is 2.67. The summed E-state index contributed by atoms with van der Waals surface area (Å²) in [4.78, 5) is 27.4. The Morgan fingerprint density at radius 2 is 1.57 bits per heavy atom. The number of allylic oxidation sites excluding steroid dienone is 2. The van der Waals surface area contributed by atoms with Crippen LogP contribution in [-0.4, -0.2) is 18.6 Å². The minimum atomic E-state index is -0.160. The van der Waals surface area contributed by atoms with E-state index in [1.807, 2.05) is 0 Å². The largest absolute Gasteiger partial charge is 0.454 e. The first-order valence-electron chi connectivity index (χ1n) is 8.20. The average molecular weight is 309 g/mol. The van der Waals surface area contributed by atoms with E-state index in [1.165, 1.54) is 11.3 Å². The molecule has 1 saturated heterocycles. The number of hydrogen-bond donors (Lipinski definition) is 0. The number of amides is 2. The molecular formula is C18H15NO4. The fourth-order valence-electron chi connectivity index (χ4n) is 5.24. The lowest BCUT2D eigenvalue weighted by atomic mass is 9.63. The van der Waals surface area contributed by atoms with Gasteiger partial charge in [-0.25, -0.2) is 4.90 Å². The van der Waals surface area contributed by atoms with Crippen LogP contribution in [0.15, 0.2) is 30.4 Å². The summed E-state index contributed by atoms with van der Waals surface area (Å²) in [6.45, 7) is 0.184. The van der Waals surface area contributed by atoms with E-state index in [0.717, 1.165) is 0 Å². The van der Waals surface area contributed by atoms with Gasteiger partial charge in [-0.15, -0.1) is 0 Å². The highest BCUT2D eigenvalue weighted by Crippen LogP contribution is 2.65. The van der Waals surface area contributed by atoms with Gasteiger partial charge in [-0.05, 0) is 42.2 Å². The van der Waals surface area contributed by atoms with Crippen LogP contribution >= 0.6 is 0 Å². The van der Waals surface area contributed by atoms with Gasteiger partial charge in [0.2, 0.25) is 18.6 Å². The summed E-state index contributed by atoms with van der Waals surface area (Å²) in [5.41, 5.74) is 0.603. The summed E-state index contributed by atoms with van der Waals surface area (Å²) in [6.07, 6.45) is 5.56. The molecule has 1 aromatic carbocycles. The van der Waals surface area contributed by atoms with E-state index in [-0.39, 0.29) is 42.3 Å². The molecule has 3 fully saturated rings. The van der Waals surface area contributed by atoms with Crippen molar-refractivity contribution < 1.29 is 19.1 Å². The van der Waals surface area contributed by atoms with Crippen molar-refractivity contribution in [2.45, 2.75) is 6.42 Å². The van der Waals surface area contributed by atoms with E-state index in [9.17, 15) is 9.59 Å². The van der Waals surface area contributed by atoms with E-state index in [0.29, 0.717) is 29.0 Å². The fourth-order valence-corrected chi connectivity index (χ4v) is 5.24. The van der Waals surface area contributed by atoms with Gasteiger partial charge in [-0.3, -0.25) is 9.59 Å². The maximum Gasteiger partial charge on any atom is 0.238 e. The van der Waals surface area contributed by atoms with Gasteiger partial charge in [0, 0.05) is 6.07 Å². The van der Waals surface area contributed by atoms with Crippen LogP contribution in [0, 0.1) is 35.5 Å². The predicted octanol–water partition coefficient (Wildman–Crippen LogP) is 1.97. The molecule has 2 bridgehead atoms. The number of ether oxygens (including phenoxy) is 2. The average Bonchev–Trinajstić information content (AvgIpc) is 3.20. The molecule has 1 aromatic rings. The molecule has 0 spiro atoms. The lowest BCUT2D eigenvalue weighted by Gasteiger charge is -2.37. The number of hydrogen-bond acceptors (Lipinski definition) is 4. The van der Waals surface area contributed by atoms with Crippen LogP contribution in [0.25, 0.3) is 0 Å². The molecule has 0 radical (unpaired) electrons. The zero-order valence-electron chi connectivity index (χ0n) is 12.3.